The van der Waals surface area contributed by atoms with E-state index < -0.39 is 0 Å². The number of carbonyl (C=O) groups is 1. The highest BCUT2D eigenvalue weighted by atomic mass is 16.5. The topological polar surface area (TPSA) is 35.5 Å². The van der Waals surface area contributed by atoms with Crippen LogP contribution in [0.25, 0.3) is 0 Å². The molecular weight excluding hydrogens is 216 g/mol. The van der Waals surface area contributed by atoms with Crippen LogP contribution in [-0.2, 0) is 4.74 Å². The highest BCUT2D eigenvalue weighted by Gasteiger charge is 2.25. The Hall–Kier alpha value is -1.35. The maximum absolute atomic E-state index is 12.4. The van der Waals surface area contributed by atoms with Gasteiger partial charge in [0.1, 0.15) is 5.75 Å². The van der Waals surface area contributed by atoms with Crippen molar-refractivity contribution in [1.29, 1.82) is 0 Å². The average Bonchev–Trinajstić information content (AvgIpc) is 2.39. The van der Waals surface area contributed by atoms with Gasteiger partial charge in [-0.15, -0.1) is 0 Å². The number of ketones is 1. The van der Waals surface area contributed by atoms with E-state index in [1.54, 1.807) is 7.11 Å². The van der Waals surface area contributed by atoms with E-state index in [-0.39, 0.29) is 11.7 Å². The zero-order valence-electron chi connectivity index (χ0n) is 10.4. The molecule has 3 heteroatoms. The summed E-state index contributed by atoms with van der Waals surface area (Å²) in [4.78, 5) is 12.4. The number of carbonyl (C=O) groups excluding carboxylic acids is 1. The van der Waals surface area contributed by atoms with Crippen molar-refractivity contribution in [1.82, 2.24) is 0 Å². The second-order valence-corrected chi connectivity index (χ2v) is 4.45. The summed E-state index contributed by atoms with van der Waals surface area (Å²) in [5.74, 6) is 0.945. The third kappa shape index (κ3) is 2.67. The molecule has 0 N–H and O–H groups in total. The molecule has 0 atom stereocenters. The van der Waals surface area contributed by atoms with E-state index in [1.165, 1.54) is 0 Å². The number of Topliss-reactive ketones (excluding diaryl/α,β-unsaturated/α-hetero) is 1. The van der Waals surface area contributed by atoms with Gasteiger partial charge in [-0.2, -0.15) is 0 Å². The minimum atomic E-state index is 0.0828. The van der Waals surface area contributed by atoms with Gasteiger partial charge in [-0.1, -0.05) is 11.6 Å². The molecule has 1 aromatic rings. The Balaban J connectivity index is 2.25. The van der Waals surface area contributed by atoms with Crippen molar-refractivity contribution in [2.45, 2.75) is 19.8 Å². The summed E-state index contributed by atoms with van der Waals surface area (Å²) in [6.45, 7) is 3.36. The molecule has 3 nitrogen and oxygen atoms in total. The lowest BCUT2D eigenvalue weighted by molar-refractivity contribution is 0.0543. The van der Waals surface area contributed by atoms with Gasteiger partial charge < -0.3 is 9.47 Å². The summed E-state index contributed by atoms with van der Waals surface area (Å²) in [6, 6.07) is 5.73. The summed E-state index contributed by atoms with van der Waals surface area (Å²) in [5, 5.41) is 0. The summed E-state index contributed by atoms with van der Waals surface area (Å²) >= 11 is 0. The lowest BCUT2D eigenvalue weighted by Crippen LogP contribution is -2.24. The van der Waals surface area contributed by atoms with Crippen LogP contribution in [0.2, 0.25) is 0 Å². The molecule has 0 radical (unpaired) electrons. The normalized spacial score (nSPS) is 16.8. The molecule has 92 valence electrons. The third-order valence-electron chi connectivity index (χ3n) is 3.21. The van der Waals surface area contributed by atoms with E-state index in [1.807, 2.05) is 25.1 Å². The van der Waals surface area contributed by atoms with Crippen LogP contribution < -0.4 is 4.74 Å². The van der Waals surface area contributed by atoms with Crippen molar-refractivity contribution in [3.05, 3.63) is 29.3 Å². The zero-order valence-corrected chi connectivity index (χ0v) is 10.4. The van der Waals surface area contributed by atoms with Gasteiger partial charge in [-0.25, -0.2) is 0 Å². The molecule has 1 heterocycles. The fourth-order valence-corrected chi connectivity index (χ4v) is 2.19. The molecule has 17 heavy (non-hydrogen) atoms. The molecule has 1 fully saturated rings. The van der Waals surface area contributed by atoms with Crippen molar-refractivity contribution in [3.63, 3.8) is 0 Å². The van der Waals surface area contributed by atoms with E-state index in [2.05, 4.69) is 0 Å². The van der Waals surface area contributed by atoms with Gasteiger partial charge in [-0.05, 0) is 31.9 Å². The molecule has 0 aromatic heterocycles. The van der Waals surface area contributed by atoms with Gasteiger partial charge in [0.2, 0.25) is 0 Å². The standard InChI is InChI=1S/C14H18O3/c1-10-3-4-13(16-2)12(9-10)14(15)11-5-7-17-8-6-11/h3-4,9,11H,5-8H2,1-2H3. The van der Waals surface area contributed by atoms with E-state index in [0.29, 0.717) is 24.5 Å². The third-order valence-corrected chi connectivity index (χ3v) is 3.21. The van der Waals surface area contributed by atoms with Crippen LogP contribution >= 0.6 is 0 Å². The Morgan fingerprint density at radius 3 is 2.71 bits per heavy atom. The highest BCUT2D eigenvalue weighted by molar-refractivity contribution is 6.00. The largest absolute Gasteiger partial charge is 0.496 e. The molecule has 1 aromatic carbocycles. The van der Waals surface area contributed by atoms with Crippen LogP contribution in [0.15, 0.2) is 18.2 Å². The number of hydrogen-bond donors (Lipinski definition) is 0. The molecule has 0 saturated carbocycles. The number of methoxy groups -OCH3 is 1. The van der Waals surface area contributed by atoms with E-state index in [9.17, 15) is 4.79 Å². The van der Waals surface area contributed by atoms with Crippen molar-refractivity contribution < 1.29 is 14.3 Å². The van der Waals surface area contributed by atoms with E-state index >= 15 is 0 Å². The van der Waals surface area contributed by atoms with Crippen LogP contribution in [0.4, 0.5) is 0 Å². The molecule has 0 amide bonds. The predicted octanol–water partition coefficient (Wildman–Crippen LogP) is 2.61. The van der Waals surface area contributed by atoms with Gasteiger partial charge in [0.05, 0.1) is 12.7 Å². The van der Waals surface area contributed by atoms with Crippen molar-refractivity contribution in [2.24, 2.45) is 5.92 Å². The lowest BCUT2D eigenvalue weighted by atomic mass is 9.90. The summed E-state index contributed by atoms with van der Waals surface area (Å²) < 4.78 is 10.5. The summed E-state index contributed by atoms with van der Waals surface area (Å²) in [5.41, 5.74) is 1.79. The molecule has 1 aliphatic heterocycles. The Kier molecular flexibility index (Phi) is 3.79. The summed E-state index contributed by atoms with van der Waals surface area (Å²) in [7, 11) is 1.60. The van der Waals surface area contributed by atoms with Crippen molar-refractivity contribution >= 4 is 5.78 Å². The number of aryl methyl sites for hydroxylation is 1. The van der Waals surface area contributed by atoms with Crippen LogP contribution in [0.5, 0.6) is 5.75 Å². The number of benzene rings is 1. The molecule has 0 spiro atoms. The van der Waals surface area contributed by atoms with Crippen molar-refractivity contribution in [3.8, 4) is 5.75 Å². The van der Waals surface area contributed by atoms with Crippen LogP contribution in [-0.4, -0.2) is 26.1 Å². The minimum Gasteiger partial charge on any atom is -0.496 e. The molecule has 1 aliphatic rings. The Labute approximate surface area is 102 Å². The van der Waals surface area contributed by atoms with E-state index in [4.69, 9.17) is 9.47 Å². The molecule has 0 bridgehead atoms. The van der Waals surface area contributed by atoms with Gasteiger partial charge in [0.25, 0.3) is 0 Å². The first kappa shape index (κ1) is 12.1. The quantitative estimate of drug-likeness (QED) is 0.754. The molecule has 0 unspecified atom stereocenters. The average molecular weight is 234 g/mol. The number of hydrogen-bond acceptors (Lipinski definition) is 3. The SMILES string of the molecule is COc1ccc(C)cc1C(=O)C1CCOCC1. The second-order valence-electron chi connectivity index (χ2n) is 4.45. The number of ether oxygens (including phenoxy) is 2. The van der Waals surface area contributed by atoms with Crippen LogP contribution in [0.3, 0.4) is 0 Å². The molecule has 2 rings (SSSR count). The Bertz CT molecular complexity index is 406. The summed E-state index contributed by atoms with van der Waals surface area (Å²) in [6.07, 6.45) is 1.63. The molecular formula is C14H18O3. The lowest BCUT2D eigenvalue weighted by Gasteiger charge is -2.21. The van der Waals surface area contributed by atoms with Crippen LogP contribution in [0.1, 0.15) is 28.8 Å². The first-order valence-electron chi connectivity index (χ1n) is 5.99. The zero-order chi connectivity index (χ0) is 12.3. The maximum Gasteiger partial charge on any atom is 0.169 e. The number of rotatable bonds is 3. The van der Waals surface area contributed by atoms with Gasteiger partial charge in [0.15, 0.2) is 5.78 Å². The van der Waals surface area contributed by atoms with E-state index in [0.717, 1.165) is 18.4 Å². The Morgan fingerprint density at radius 1 is 1.35 bits per heavy atom. The first-order chi connectivity index (χ1) is 8.22. The van der Waals surface area contributed by atoms with Gasteiger partial charge >= 0.3 is 0 Å². The maximum atomic E-state index is 12.4. The van der Waals surface area contributed by atoms with Gasteiger partial charge in [-0.3, -0.25) is 4.79 Å². The highest BCUT2D eigenvalue weighted by Crippen LogP contribution is 2.26. The predicted molar refractivity (Wildman–Crippen MR) is 65.6 cm³/mol. The smallest absolute Gasteiger partial charge is 0.169 e. The molecule has 0 aliphatic carbocycles. The second kappa shape index (κ2) is 5.32. The van der Waals surface area contributed by atoms with Crippen LogP contribution in [0, 0.1) is 12.8 Å². The first-order valence-corrected chi connectivity index (χ1v) is 5.99. The fourth-order valence-electron chi connectivity index (χ4n) is 2.19. The minimum absolute atomic E-state index is 0.0828. The van der Waals surface area contributed by atoms with Crippen molar-refractivity contribution in [2.75, 3.05) is 20.3 Å². The monoisotopic (exact) mass is 234 g/mol. The Morgan fingerprint density at radius 2 is 2.06 bits per heavy atom. The molecule has 1 saturated heterocycles. The van der Waals surface area contributed by atoms with Gasteiger partial charge in [0, 0.05) is 19.1 Å². The fraction of sp³-hybridized carbons (Fsp3) is 0.500.